The molecule has 27 heteroatoms. The lowest BCUT2D eigenvalue weighted by molar-refractivity contribution is -0.440. The lowest BCUT2D eigenvalue weighted by atomic mass is 9.90. The van der Waals surface area contributed by atoms with Gasteiger partial charge >= 0.3 is 47.7 Å². The molecule has 0 amide bonds. The fourth-order valence-corrected chi connectivity index (χ4v) is 6.95. The van der Waals surface area contributed by atoms with Gasteiger partial charge in [0.2, 0.25) is 0 Å². The third-order valence-electron chi connectivity index (χ3n) is 15.2. The van der Waals surface area contributed by atoms with Gasteiger partial charge in [0.25, 0.3) is 0 Å². The van der Waals surface area contributed by atoms with Crippen LogP contribution in [0.3, 0.4) is 0 Å². The number of halogens is 13. The first-order valence-corrected chi connectivity index (χ1v) is 30.8. The predicted octanol–water partition coefficient (Wildman–Crippen LogP) is 17.5. The van der Waals surface area contributed by atoms with Gasteiger partial charge in [0.1, 0.15) is 6.61 Å². The summed E-state index contributed by atoms with van der Waals surface area (Å²) in [6.07, 6.45) is -2.13. The Balaban J connectivity index is -0.000000463. The van der Waals surface area contributed by atoms with E-state index in [9.17, 15) is 71.8 Å². The molecule has 10 atom stereocenters. The number of aliphatic hydroxyl groups is 1. The molecule has 0 rings (SSSR count). The molecule has 0 aromatic heterocycles. The van der Waals surface area contributed by atoms with E-state index >= 15 is 0 Å². The average Bonchev–Trinajstić information content (AvgIpc) is 0.747. The molecule has 14 nitrogen and oxygen atoms in total. The Hall–Kier alpha value is -2.37. The van der Waals surface area contributed by atoms with E-state index < -0.39 is 71.7 Å². The Kier molecular flexibility index (Phi) is 53.0. The number of carbonyl (C=O) groups is 2. The molecular weight excluding hydrogens is 1240 g/mol. The topological polar surface area (TPSA) is 156 Å². The molecular formula is C64H123F13O14. The molecule has 0 radical (unpaired) electrons. The number of hydrogen-bond acceptors (Lipinski definition) is 14. The predicted molar refractivity (Wildman–Crippen MR) is 329 cm³/mol. The van der Waals surface area contributed by atoms with Crippen molar-refractivity contribution < 1.29 is 124 Å². The van der Waals surface area contributed by atoms with Crippen LogP contribution in [0.2, 0.25) is 0 Å². The third kappa shape index (κ3) is 33.9. The van der Waals surface area contributed by atoms with E-state index in [4.69, 9.17) is 47.4 Å². The first-order chi connectivity index (χ1) is 40.3. The standard InChI is InChI=1S/C46H92O12.C14H15F13O2.4CH4/c1-14-35(47)25-49-36(15-2)26-50-37(16-3)27-51-38(17-4)28-52-39(18-5)29-53-40(19-6)30-54-41(20-7)31-55-42(21-8)32-56-43(22-9)33-57-44(23-10)34-58-45(48)46(12,13)24-11;1-4-8(2,3)7(28)29-6-5-9(15,16)10(17,18)11(19,20)12(21,22)13(23,24)14(25,26)27;;;;/h35-44,47H,14-34H2,1-13H3;4-6H2,1-3H3;4*1H4. The molecule has 554 valence electrons. The van der Waals surface area contributed by atoms with Crippen molar-refractivity contribution in [2.24, 2.45) is 10.8 Å². The van der Waals surface area contributed by atoms with Gasteiger partial charge < -0.3 is 57.2 Å². The molecule has 1 N–H and O–H groups in total. The number of rotatable bonds is 50. The fraction of sp³-hybridized carbons (Fsp3) is 0.969. The summed E-state index contributed by atoms with van der Waals surface area (Å²) in [5.41, 5.74) is -1.82. The minimum absolute atomic E-state index is 0. The smallest absolute Gasteiger partial charge is 0.460 e. The Bertz CT molecular complexity index is 1800. The minimum atomic E-state index is -7.94. The van der Waals surface area contributed by atoms with Crippen molar-refractivity contribution in [2.75, 3.05) is 72.7 Å². The van der Waals surface area contributed by atoms with Gasteiger partial charge in [0.15, 0.2) is 0 Å². The third-order valence-corrected chi connectivity index (χ3v) is 15.2. The number of carbonyl (C=O) groups excluding carboxylic acids is 2. The van der Waals surface area contributed by atoms with Crippen molar-refractivity contribution in [2.45, 2.75) is 321 Å². The number of hydrogen-bond donors (Lipinski definition) is 1. The van der Waals surface area contributed by atoms with Crippen LogP contribution in [0.4, 0.5) is 57.1 Å². The van der Waals surface area contributed by atoms with Crippen LogP contribution in [-0.4, -0.2) is 187 Å². The lowest BCUT2D eigenvalue weighted by Gasteiger charge is -2.39. The van der Waals surface area contributed by atoms with Gasteiger partial charge in [-0.1, -0.05) is 113 Å². The van der Waals surface area contributed by atoms with Crippen LogP contribution in [0.25, 0.3) is 0 Å². The highest BCUT2D eigenvalue weighted by Crippen LogP contribution is 2.60. The van der Waals surface area contributed by atoms with E-state index in [-0.39, 0.29) is 104 Å². The second-order valence-electron chi connectivity index (χ2n) is 22.8. The van der Waals surface area contributed by atoms with Crippen molar-refractivity contribution >= 4 is 11.9 Å². The van der Waals surface area contributed by atoms with E-state index in [1.54, 1.807) is 0 Å². The highest BCUT2D eigenvalue weighted by Gasteiger charge is 2.90. The summed E-state index contributed by atoms with van der Waals surface area (Å²) in [6.45, 7) is 33.2. The number of aliphatic hydroxyl groups excluding tert-OH is 1. The molecule has 0 fully saturated rings. The van der Waals surface area contributed by atoms with Crippen molar-refractivity contribution in [3.63, 3.8) is 0 Å². The quantitative estimate of drug-likeness (QED) is 0.0453. The molecule has 0 aromatic rings. The summed E-state index contributed by atoms with van der Waals surface area (Å²) in [5.74, 6) is -38.6. The maximum absolute atomic E-state index is 13.5. The molecule has 0 bridgehead atoms. The Labute approximate surface area is 538 Å². The largest absolute Gasteiger partial charge is 0.465 e. The summed E-state index contributed by atoms with van der Waals surface area (Å²) < 4.78 is 233. The first kappa shape index (κ1) is 99.7. The van der Waals surface area contributed by atoms with Gasteiger partial charge in [-0.2, -0.15) is 57.1 Å². The van der Waals surface area contributed by atoms with Crippen molar-refractivity contribution in [1.82, 2.24) is 0 Å². The molecule has 0 aliphatic rings. The summed E-state index contributed by atoms with van der Waals surface area (Å²) in [6, 6.07) is 0. The Morgan fingerprint density at radius 1 is 0.319 bits per heavy atom. The molecule has 0 saturated carbocycles. The second-order valence-corrected chi connectivity index (χ2v) is 22.8. The van der Waals surface area contributed by atoms with Crippen LogP contribution < -0.4 is 0 Å². The summed E-state index contributed by atoms with van der Waals surface area (Å²) in [5, 5.41) is 9.83. The molecule has 91 heavy (non-hydrogen) atoms. The van der Waals surface area contributed by atoms with Gasteiger partial charge in [-0.3, -0.25) is 9.59 Å². The monoisotopic (exact) mass is 1360 g/mol. The Morgan fingerprint density at radius 3 is 0.758 bits per heavy atom. The molecule has 0 aromatic carbocycles. The van der Waals surface area contributed by atoms with Crippen molar-refractivity contribution in [1.29, 1.82) is 0 Å². The zero-order valence-corrected chi connectivity index (χ0v) is 54.4. The number of alkyl halides is 13. The van der Waals surface area contributed by atoms with E-state index in [2.05, 4.69) is 60.1 Å². The van der Waals surface area contributed by atoms with Gasteiger partial charge in [0.05, 0.1) is 144 Å². The van der Waals surface area contributed by atoms with E-state index in [1.165, 1.54) is 20.8 Å². The van der Waals surface area contributed by atoms with E-state index in [0.29, 0.717) is 65.9 Å². The SMILES string of the molecule is C.C.C.C.CCC(C)(C)C(=O)OCCC(F)(F)C(F)(F)C(F)(F)C(F)(F)C(F)(F)C(F)(F)F.CCC(O)COC(CC)COC(CC)COC(CC)COC(CC)COC(CC)COC(CC)COC(CC)COC(CC)COC(CC)COC(=O)C(C)(C)CC. The lowest BCUT2D eigenvalue weighted by Crippen LogP contribution is -2.70. The Morgan fingerprint density at radius 2 is 0.538 bits per heavy atom. The minimum Gasteiger partial charge on any atom is -0.465 e. The first-order valence-electron chi connectivity index (χ1n) is 30.8. The molecule has 10 unspecified atom stereocenters. The fourth-order valence-electron chi connectivity index (χ4n) is 6.95. The molecule has 0 aliphatic carbocycles. The van der Waals surface area contributed by atoms with Crippen LogP contribution in [0.15, 0.2) is 0 Å². The summed E-state index contributed by atoms with van der Waals surface area (Å²) >= 11 is 0. The van der Waals surface area contributed by atoms with Crippen molar-refractivity contribution in [3.8, 4) is 0 Å². The van der Waals surface area contributed by atoms with Crippen LogP contribution in [0, 0.1) is 10.8 Å². The average molecular weight is 1360 g/mol. The molecule has 0 spiro atoms. The van der Waals surface area contributed by atoms with Gasteiger partial charge in [-0.05, 0) is 105 Å². The number of ether oxygens (including phenoxy) is 11. The molecule has 0 heterocycles. The zero-order valence-electron chi connectivity index (χ0n) is 54.4. The highest BCUT2D eigenvalue weighted by atomic mass is 19.4. The maximum Gasteiger partial charge on any atom is 0.460 e. The number of esters is 2. The van der Waals surface area contributed by atoms with E-state index in [0.717, 1.165) is 64.2 Å². The van der Waals surface area contributed by atoms with Crippen LogP contribution in [0.5, 0.6) is 0 Å². The van der Waals surface area contributed by atoms with Gasteiger partial charge in [0, 0.05) is 0 Å². The zero-order chi connectivity index (χ0) is 67.7. The van der Waals surface area contributed by atoms with Crippen LogP contribution >= 0.6 is 0 Å². The van der Waals surface area contributed by atoms with E-state index in [1.807, 2.05) is 34.6 Å². The molecule has 0 aliphatic heterocycles. The normalized spacial score (nSPS) is 16.1. The van der Waals surface area contributed by atoms with Gasteiger partial charge in [-0.15, -0.1) is 0 Å². The summed E-state index contributed by atoms with van der Waals surface area (Å²) in [7, 11) is 0. The van der Waals surface area contributed by atoms with Gasteiger partial charge in [-0.25, -0.2) is 0 Å². The molecule has 0 saturated heterocycles. The second kappa shape index (κ2) is 48.3. The van der Waals surface area contributed by atoms with Crippen LogP contribution in [-0.2, 0) is 61.7 Å². The summed E-state index contributed by atoms with van der Waals surface area (Å²) in [4.78, 5) is 23.9. The maximum atomic E-state index is 13.5. The van der Waals surface area contributed by atoms with Crippen molar-refractivity contribution in [3.05, 3.63) is 0 Å². The highest BCUT2D eigenvalue weighted by molar-refractivity contribution is 5.76. The van der Waals surface area contributed by atoms with Crippen LogP contribution in [0.1, 0.15) is 224 Å².